The Balaban J connectivity index is 1.29. The third-order valence-electron chi connectivity index (χ3n) is 4.97. The lowest BCUT2D eigenvalue weighted by molar-refractivity contribution is 0.0900. The largest absolute Gasteiger partial charge is 0.355 e. The van der Waals surface area contributed by atoms with E-state index in [1.165, 1.54) is 5.56 Å². The first-order valence-electron chi connectivity index (χ1n) is 9.37. The summed E-state index contributed by atoms with van der Waals surface area (Å²) in [5, 5.41) is 7.03. The minimum atomic E-state index is -0.164. The van der Waals surface area contributed by atoms with Crippen molar-refractivity contribution in [1.29, 1.82) is 0 Å². The molecule has 1 fully saturated rings. The predicted octanol–water partition coefficient (Wildman–Crippen LogP) is 3.74. The predicted molar refractivity (Wildman–Crippen MR) is 104 cm³/mol. The first-order valence-corrected chi connectivity index (χ1v) is 9.37. The Hall–Kier alpha value is -2.92. The number of nitrogens with one attached hydrogen (secondary N) is 1. The molecule has 0 atom stereocenters. The van der Waals surface area contributed by atoms with Crippen LogP contribution in [0, 0.1) is 0 Å². The second kappa shape index (κ2) is 8.18. The van der Waals surface area contributed by atoms with Gasteiger partial charge in [0.05, 0.1) is 0 Å². The van der Waals surface area contributed by atoms with Gasteiger partial charge in [-0.05, 0) is 18.4 Å². The Morgan fingerprint density at radius 3 is 2.41 bits per heavy atom. The molecule has 3 aromatic rings. The van der Waals surface area contributed by atoms with Crippen molar-refractivity contribution in [2.75, 3.05) is 13.1 Å². The van der Waals surface area contributed by atoms with E-state index in [1.54, 1.807) is 6.07 Å². The van der Waals surface area contributed by atoms with Gasteiger partial charge < -0.3 is 9.84 Å². The van der Waals surface area contributed by atoms with E-state index in [9.17, 15) is 4.79 Å². The number of aromatic nitrogens is 1. The molecule has 27 heavy (non-hydrogen) atoms. The summed E-state index contributed by atoms with van der Waals surface area (Å²) in [4.78, 5) is 14.9. The van der Waals surface area contributed by atoms with Gasteiger partial charge in [-0.25, -0.2) is 0 Å². The highest BCUT2D eigenvalue weighted by atomic mass is 16.5. The van der Waals surface area contributed by atoms with Crippen LogP contribution < -0.4 is 5.32 Å². The van der Waals surface area contributed by atoms with Gasteiger partial charge in [0, 0.05) is 37.3 Å². The summed E-state index contributed by atoms with van der Waals surface area (Å²) in [6.45, 7) is 2.92. The number of amides is 1. The topological polar surface area (TPSA) is 58.4 Å². The third-order valence-corrected chi connectivity index (χ3v) is 4.97. The van der Waals surface area contributed by atoms with Crippen LogP contribution in [-0.2, 0) is 6.54 Å². The molecule has 0 saturated carbocycles. The van der Waals surface area contributed by atoms with Crippen LogP contribution in [0.2, 0.25) is 0 Å². The molecule has 5 nitrogen and oxygen atoms in total. The van der Waals surface area contributed by atoms with Crippen LogP contribution in [0.5, 0.6) is 0 Å². The number of likely N-dealkylation sites (tertiary alicyclic amines) is 1. The van der Waals surface area contributed by atoms with E-state index in [2.05, 4.69) is 39.6 Å². The Kier molecular flexibility index (Phi) is 5.30. The highest BCUT2D eigenvalue weighted by Gasteiger charge is 2.22. The molecule has 1 aromatic heterocycles. The van der Waals surface area contributed by atoms with Gasteiger partial charge in [-0.1, -0.05) is 65.8 Å². The van der Waals surface area contributed by atoms with Gasteiger partial charge in [0.15, 0.2) is 11.5 Å². The molecule has 1 aliphatic heterocycles. The van der Waals surface area contributed by atoms with Crippen molar-refractivity contribution in [3.63, 3.8) is 0 Å². The fourth-order valence-corrected chi connectivity index (χ4v) is 3.46. The summed E-state index contributed by atoms with van der Waals surface area (Å²) in [7, 11) is 0. The maximum atomic E-state index is 12.5. The molecule has 1 saturated heterocycles. The van der Waals surface area contributed by atoms with Gasteiger partial charge in [0.25, 0.3) is 5.91 Å². The lowest BCUT2D eigenvalue weighted by atomic mass is 10.0. The molecule has 5 heteroatoms. The van der Waals surface area contributed by atoms with Crippen molar-refractivity contribution in [3.05, 3.63) is 78.0 Å². The van der Waals surface area contributed by atoms with Gasteiger partial charge in [-0.15, -0.1) is 0 Å². The maximum absolute atomic E-state index is 12.5. The summed E-state index contributed by atoms with van der Waals surface area (Å²) in [6, 6.07) is 22.1. The van der Waals surface area contributed by atoms with Crippen LogP contribution in [0.25, 0.3) is 11.3 Å². The Morgan fingerprint density at radius 1 is 1.04 bits per heavy atom. The average Bonchev–Trinajstić information content (AvgIpc) is 3.21. The Labute approximate surface area is 159 Å². The average molecular weight is 361 g/mol. The fourth-order valence-electron chi connectivity index (χ4n) is 3.46. The molecule has 2 heterocycles. The van der Waals surface area contributed by atoms with Crippen LogP contribution in [0.3, 0.4) is 0 Å². The van der Waals surface area contributed by atoms with Crippen molar-refractivity contribution in [3.8, 4) is 11.3 Å². The van der Waals surface area contributed by atoms with Gasteiger partial charge in [0.1, 0.15) is 0 Å². The number of rotatable bonds is 5. The number of piperidine rings is 1. The first kappa shape index (κ1) is 17.5. The molecule has 2 aromatic carbocycles. The molecule has 1 aliphatic rings. The lowest BCUT2D eigenvalue weighted by Crippen LogP contribution is -2.44. The number of hydrogen-bond acceptors (Lipinski definition) is 4. The van der Waals surface area contributed by atoms with Crippen LogP contribution in [0.15, 0.2) is 71.3 Å². The SMILES string of the molecule is O=C(NC1CCN(Cc2ccccc2)CC1)c1cc(-c2ccccc2)on1. The van der Waals surface area contributed by atoms with E-state index in [1.807, 2.05) is 36.4 Å². The Morgan fingerprint density at radius 2 is 1.70 bits per heavy atom. The van der Waals surface area contributed by atoms with Crippen molar-refractivity contribution in [2.45, 2.75) is 25.4 Å². The smallest absolute Gasteiger partial charge is 0.273 e. The Bertz CT molecular complexity index is 869. The molecule has 0 aliphatic carbocycles. The quantitative estimate of drug-likeness (QED) is 0.752. The van der Waals surface area contributed by atoms with E-state index in [0.29, 0.717) is 11.5 Å². The highest BCUT2D eigenvalue weighted by molar-refractivity contribution is 5.93. The first-order chi connectivity index (χ1) is 13.3. The number of carbonyl (C=O) groups is 1. The molecular weight excluding hydrogens is 338 g/mol. The molecule has 4 rings (SSSR count). The molecule has 0 bridgehead atoms. The van der Waals surface area contributed by atoms with Crippen LogP contribution in [0.4, 0.5) is 0 Å². The van der Waals surface area contributed by atoms with Crippen molar-refractivity contribution < 1.29 is 9.32 Å². The molecule has 1 N–H and O–H groups in total. The monoisotopic (exact) mass is 361 g/mol. The zero-order valence-corrected chi connectivity index (χ0v) is 15.2. The van der Waals surface area contributed by atoms with Gasteiger partial charge in [-0.3, -0.25) is 9.69 Å². The number of nitrogens with zero attached hydrogens (tertiary/aromatic N) is 2. The van der Waals surface area contributed by atoms with Gasteiger partial charge >= 0.3 is 0 Å². The standard InChI is InChI=1S/C22H23N3O2/c26-22(20-15-21(27-24-20)18-9-5-2-6-10-18)23-19-11-13-25(14-12-19)16-17-7-3-1-4-8-17/h1-10,15,19H,11-14,16H2,(H,23,26). The van der Waals surface area contributed by atoms with Crippen molar-refractivity contribution in [1.82, 2.24) is 15.4 Å². The molecule has 0 radical (unpaired) electrons. The van der Waals surface area contributed by atoms with Crippen molar-refractivity contribution >= 4 is 5.91 Å². The highest BCUT2D eigenvalue weighted by Crippen LogP contribution is 2.20. The minimum Gasteiger partial charge on any atom is -0.355 e. The fraction of sp³-hybridized carbons (Fsp3) is 0.273. The summed E-state index contributed by atoms with van der Waals surface area (Å²) in [5.74, 6) is 0.445. The molecule has 0 spiro atoms. The molecular formula is C22H23N3O2. The van der Waals surface area contributed by atoms with Crippen LogP contribution in [-0.4, -0.2) is 35.1 Å². The number of carbonyl (C=O) groups excluding carboxylic acids is 1. The molecule has 0 unspecified atom stereocenters. The van der Waals surface area contributed by atoms with E-state index >= 15 is 0 Å². The summed E-state index contributed by atoms with van der Waals surface area (Å²) < 4.78 is 5.33. The second-order valence-electron chi connectivity index (χ2n) is 6.95. The number of benzene rings is 2. The molecule has 138 valence electrons. The zero-order valence-electron chi connectivity index (χ0n) is 15.2. The van der Waals surface area contributed by atoms with E-state index in [4.69, 9.17) is 4.52 Å². The van der Waals surface area contributed by atoms with Gasteiger partial charge in [0.2, 0.25) is 0 Å². The van der Waals surface area contributed by atoms with Gasteiger partial charge in [-0.2, -0.15) is 0 Å². The number of hydrogen-bond donors (Lipinski definition) is 1. The minimum absolute atomic E-state index is 0.164. The molecule has 1 amide bonds. The normalized spacial score (nSPS) is 15.6. The zero-order chi connectivity index (χ0) is 18.5. The summed E-state index contributed by atoms with van der Waals surface area (Å²) in [6.07, 6.45) is 1.89. The van der Waals surface area contributed by atoms with Crippen LogP contribution >= 0.6 is 0 Å². The second-order valence-corrected chi connectivity index (χ2v) is 6.95. The van der Waals surface area contributed by atoms with E-state index < -0.39 is 0 Å². The van der Waals surface area contributed by atoms with Crippen LogP contribution in [0.1, 0.15) is 28.9 Å². The lowest BCUT2D eigenvalue weighted by Gasteiger charge is -2.32. The third kappa shape index (κ3) is 4.44. The van der Waals surface area contributed by atoms with E-state index in [-0.39, 0.29) is 11.9 Å². The maximum Gasteiger partial charge on any atom is 0.273 e. The summed E-state index contributed by atoms with van der Waals surface area (Å²) >= 11 is 0. The van der Waals surface area contributed by atoms with E-state index in [0.717, 1.165) is 38.0 Å². The summed E-state index contributed by atoms with van der Waals surface area (Å²) in [5.41, 5.74) is 2.58. The van der Waals surface area contributed by atoms with Crippen molar-refractivity contribution in [2.24, 2.45) is 0 Å².